The first-order valence-corrected chi connectivity index (χ1v) is 5.14. The lowest BCUT2D eigenvalue weighted by Gasteiger charge is -2.18. The molecule has 0 saturated heterocycles. The summed E-state index contributed by atoms with van der Waals surface area (Å²) in [5.41, 5.74) is -0.0164. The van der Waals surface area contributed by atoms with Crippen LogP contribution in [0.1, 0.15) is 25.2 Å². The highest BCUT2D eigenvalue weighted by molar-refractivity contribution is 7.79. The third-order valence-corrected chi connectivity index (χ3v) is 2.01. The standard InChI is InChI=1S/C10H15N3OS/c1-7-11-4-8(5-15)9(13-7)12-6-10(2,3)14/h4-5,14H,6H2,1-3H3,(H,11,12,13). The molecule has 1 aromatic rings. The minimum absolute atomic E-state index is 0.416. The predicted molar refractivity (Wildman–Crippen MR) is 64.3 cm³/mol. The molecule has 0 aliphatic heterocycles. The van der Waals surface area contributed by atoms with Crippen LogP contribution in [0, 0.1) is 6.92 Å². The first kappa shape index (κ1) is 12.0. The summed E-state index contributed by atoms with van der Waals surface area (Å²) in [5, 5.41) is 14.1. The van der Waals surface area contributed by atoms with E-state index in [1.54, 1.807) is 20.0 Å². The van der Waals surface area contributed by atoms with E-state index in [1.807, 2.05) is 6.92 Å². The molecule has 82 valence electrons. The molecule has 1 heterocycles. The van der Waals surface area contributed by atoms with Gasteiger partial charge in [0.25, 0.3) is 0 Å². The van der Waals surface area contributed by atoms with Gasteiger partial charge in [-0.25, -0.2) is 9.97 Å². The van der Waals surface area contributed by atoms with Crippen LogP contribution in [0.25, 0.3) is 0 Å². The Morgan fingerprint density at radius 3 is 2.80 bits per heavy atom. The normalized spacial score (nSPS) is 11.2. The number of aromatic nitrogens is 2. The van der Waals surface area contributed by atoms with Crippen molar-refractivity contribution in [3.63, 3.8) is 0 Å². The van der Waals surface area contributed by atoms with E-state index in [0.717, 1.165) is 5.56 Å². The highest BCUT2D eigenvalue weighted by Crippen LogP contribution is 2.11. The van der Waals surface area contributed by atoms with Gasteiger partial charge in [0.1, 0.15) is 11.6 Å². The second-order valence-electron chi connectivity index (χ2n) is 4.01. The minimum atomic E-state index is -0.780. The summed E-state index contributed by atoms with van der Waals surface area (Å²) in [6.07, 6.45) is 1.67. The number of anilines is 1. The second-order valence-corrected chi connectivity index (χ2v) is 4.24. The van der Waals surface area contributed by atoms with Crippen molar-refractivity contribution >= 4 is 23.4 Å². The predicted octanol–water partition coefficient (Wildman–Crippen LogP) is 1.32. The summed E-state index contributed by atoms with van der Waals surface area (Å²) >= 11 is 4.85. The minimum Gasteiger partial charge on any atom is -0.389 e. The van der Waals surface area contributed by atoms with Gasteiger partial charge in [-0.3, -0.25) is 0 Å². The molecule has 5 heteroatoms. The third kappa shape index (κ3) is 3.89. The van der Waals surface area contributed by atoms with E-state index in [0.29, 0.717) is 18.2 Å². The van der Waals surface area contributed by atoms with Crippen molar-refractivity contribution < 1.29 is 5.11 Å². The molecule has 0 fully saturated rings. The maximum absolute atomic E-state index is 9.57. The van der Waals surface area contributed by atoms with Gasteiger partial charge in [0.15, 0.2) is 0 Å². The van der Waals surface area contributed by atoms with Crippen LogP contribution in [-0.4, -0.2) is 32.6 Å². The Hall–Kier alpha value is -1.07. The molecule has 0 aromatic carbocycles. The van der Waals surface area contributed by atoms with E-state index in [1.165, 1.54) is 5.37 Å². The molecule has 0 saturated carbocycles. The topological polar surface area (TPSA) is 58.0 Å². The van der Waals surface area contributed by atoms with Gasteiger partial charge >= 0.3 is 0 Å². The monoisotopic (exact) mass is 225 g/mol. The molecule has 1 aromatic heterocycles. The van der Waals surface area contributed by atoms with Crippen LogP contribution in [0.15, 0.2) is 6.20 Å². The Balaban J connectivity index is 2.83. The Morgan fingerprint density at radius 1 is 1.60 bits per heavy atom. The molecule has 1 rings (SSSR count). The number of hydrogen-bond acceptors (Lipinski definition) is 5. The quantitative estimate of drug-likeness (QED) is 0.757. The molecular formula is C10H15N3OS. The van der Waals surface area contributed by atoms with Crippen molar-refractivity contribution in [1.29, 1.82) is 0 Å². The fraction of sp³-hybridized carbons (Fsp3) is 0.500. The third-order valence-electron chi connectivity index (χ3n) is 1.75. The van der Waals surface area contributed by atoms with Gasteiger partial charge in [0, 0.05) is 23.7 Å². The molecule has 0 bridgehead atoms. The molecule has 0 aliphatic carbocycles. The maximum Gasteiger partial charge on any atom is 0.137 e. The SMILES string of the molecule is Cc1ncc(C=S)c(NCC(C)(C)O)n1. The van der Waals surface area contributed by atoms with Crippen LogP contribution in [0.2, 0.25) is 0 Å². The van der Waals surface area contributed by atoms with Crippen LogP contribution >= 0.6 is 12.2 Å². The van der Waals surface area contributed by atoms with Crippen LogP contribution in [0.4, 0.5) is 5.82 Å². The Kier molecular flexibility index (Phi) is 3.71. The summed E-state index contributed by atoms with van der Waals surface area (Å²) in [5.74, 6) is 1.34. The molecule has 0 unspecified atom stereocenters. The average Bonchev–Trinajstić information content (AvgIpc) is 2.14. The van der Waals surface area contributed by atoms with Gasteiger partial charge in [-0.2, -0.15) is 0 Å². The summed E-state index contributed by atoms with van der Waals surface area (Å²) < 4.78 is 0. The zero-order valence-corrected chi connectivity index (χ0v) is 9.93. The molecular weight excluding hydrogens is 210 g/mol. The van der Waals surface area contributed by atoms with Crippen molar-refractivity contribution in [1.82, 2.24) is 9.97 Å². The van der Waals surface area contributed by atoms with E-state index < -0.39 is 5.60 Å². The number of aryl methyl sites for hydroxylation is 1. The van der Waals surface area contributed by atoms with Crippen molar-refractivity contribution in [2.75, 3.05) is 11.9 Å². The fourth-order valence-electron chi connectivity index (χ4n) is 1.01. The molecule has 0 radical (unpaired) electrons. The lowest BCUT2D eigenvalue weighted by atomic mass is 10.1. The Labute approximate surface area is 94.8 Å². The van der Waals surface area contributed by atoms with E-state index in [2.05, 4.69) is 15.3 Å². The van der Waals surface area contributed by atoms with Gasteiger partial charge in [-0.1, -0.05) is 12.2 Å². The number of rotatable bonds is 4. The van der Waals surface area contributed by atoms with Crippen LogP contribution in [0.3, 0.4) is 0 Å². The molecule has 0 atom stereocenters. The fourth-order valence-corrected chi connectivity index (χ4v) is 1.18. The van der Waals surface area contributed by atoms with E-state index in [9.17, 15) is 5.11 Å². The number of thiocarbonyl (C=S) groups is 1. The first-order chi connectivity index (χ1) is 6.92. The van der Waals surface area contributed by atoms with Crippen LogP contribution < -0.4 is 5.32 Å². The highest BCUT2D eigenvalue weighted by atomic mass is 32.1. The smallest absolute Gasteiger partial charge is 0.137 e. The van der Waals surface area contributed by atoms with Crippen molar-refractivity contribution in [3.05, 3.63) is 17.6 Å². The van der Waals surface area contributed by atoms with Gasteiger partial charge in [-0.15, -0.1) is 0 Å². The Morgan fingerprint density at radius 2 is 2.27 bits per heavy atom. The summed E-state index contributed by atoms with van der Waals surface area (Å²) in [6, 6.07) is 0. The summed E-state index contributed by atoms with van der Waals surface area (Å²) in [6.45, 7) is 5.68. The lowest BCUT2D eigenvalue weighted by molar-refractivity contribution is 0.0944. The van der Waals surface area contributed by atoms with Crippen LogP contribution in [0.5, 0.6) is 0 Å². The van der Waals surface area contributed by atoms with Crippen molar-refractivity contribution in [2.24, 2.45) is 0 Å². The molecule has 0 spiro atoms. The zero-order valence-electron chi connectivity index (χ0n) is 9.11. The lowest BCUT2D eigenvalue weighted by Crippen LogP contribution is -2.30. The van der Waals surface area contributed by atoms with Crippen molar-refractivity contribution in [3.8, 4) is 0 Å². The molecule has 0 aliphatic rings. The van der Waals surface area contributed by atoms with Gasteiger partial charge in [0.05, 0.1) is 5.60 Å². The molecule has 4 nitrogen and oxygen atoms in total. The Bertz CT molecular complexity index is 360. The first-order valence-electron chi connectivity index (χ1n) is 4.67. The van der Waals surface area contributed by atoms with E-state index in [-0.39, 0.29) is 0 Å². The van der Waals surface area contributed by atoms with E-state index >= 15 is 0 Å². The van der Waals surface area contributed by atoms with Gasteiger partial charge in [0.2, 0.25) is 0 Å². The highest BCUT2D eigenvalue weighted by Gasteiger charge is 2.13. The molecule has 2 N–H and O–H groups in total. The maximum atomic E-state index is 9.57. The summed E-state index contributed by atoms with van der Waals surface area (Å²) in [7, 11) is 0. The van der Waals surface area contributed by atoms with Gasteiger partial charge in [-0.05, 0) is 20.8 Å². The molecule has 0 amide bonds. The summed E-state index contributed by atoms with van der Waals surface area (Å²) in [4.78, 5) is 8.26. The van der Waals surface area contributed by atoms with E-state index in [4.69, 9.17) is 12.2 Å². The number of nitrogens with one attached hydrogen (secondary N) is 1. The second kappa shape index (κ2) is 4.63. The number of hydrogen-bond donors (Lipinski definition) is 2. The van der Waals surface area contributed by atoms with Crippen molar-refractivity contribution in [2.45, 2.75) is 26.4 Å². The molecule has 15 heavy (non-hydrogen) atoms. The number of aliphatic hydroxyl groups is 1. The van der Waals surface area contributed by atoms with Crippen LogP contribution in [-0.2, 0) is 0 Å². The van der Waals surface area contributed by atoms with Gasteiger partial charge < -0.3 is 10.4 Å². The zero-order chi connectivity index (χ0) is 11.5. The largest absolute Gasteiger partial charge is 0.389 e. The number of nitrogens with zero attached hydrogens (tertiary/aromatic N) is 2. The average molecular weight is 225 g/mol.